The Morgan fingerprint density at radius 1 is 1.44 bits per heavy atom. The Bertz CT molecular complexity index is 447. The molecule has 1 fully saturated rings. The number of hydrogen-bond donors (Lipinski definition) is 0. The molecule has 0 aliphatic carbocycles. The van der Waals surface area contributed by atoms with E-state index in [4.69, 9.17) is 4.74 Å². The van der Waals surface area contributed by atoms with Crippen molar-refractivity contribution in [1.82, 2.24) is 4.90 Å². The van der Waals surface area contributed by atoms with Crippen LogP contribution >= 0.6 is 0 Å². The zero-order chi connectivity index (χ0) is 13.1. The number of para-hydroxylation sites is 1. The maximum Gasteiger partial charge on any atom is 0.414 e. The van der Waals surface area contributed by atoms with Crippen LogP contribution in [0.1, 0.15) is 6.92 Å². The van der Waals surface area contributed by atoms with E-state index < -0.39 is 0 Å². The van der Waals surface area contributed by atoms with Crippen molar-refractivity contribution in [2.45, 2.75) is 13.0 Å². The average Bonchev–Trinajstić information content (AvgIpc) is 2.71. The van der Waals surface area contributed by atoms with Crippen molar-refractivity contribution in [3.05, 3.63) is 30.3 Å². The molecule has 0 bridgehead atoms. The molecule has 1 aliphatic rings. The number of anilines is 1. The van der Waals surface area contributed by atoms with E-state index in [0.29, 0.717) is 13.1 Å². The van der Waals surface area contributed by atoms with Crippen LogP contribution in [0, 0.1) is 0 Å². The van der Waals surface area contributed by atoms with E-state index in [1.807, 2.05) is 30.3 Å². The molecule has 1 atom stereocenters. The van der Waals surface area contributed by atoms with Gasteiger partial charge in [-0.15, -0.1) is 0 Å². The Morgan fingerprint density at radius 2 is 2.11 bits per heavy atom. The number of likely N-dealkylation sites (N-methyl/N-ethyl adjacent to an activating group) is 1. The minimum absolute atomic E-state index is 0.0378. The van der Waals surface area contributed by atoms with Crippen molar-refractivity contribution in [1.29, 1.82) is 0 Å². The predicted molar refractivity (Wildman–Crippen MR) is 67.4 cm³/mol. The third kappa shape index (κ3) is 2.61. The molecule has 2 rings (SSSR count). The lowest BCUT2D eigenvalue weighted by Gasteiger charge is -2.18. The van der Waals surface area contributed by atoms with Gasteiger partial charge in [-0.2, -0.15) is 0 Å². The van der Waals surface area contributed by atoms with E-state index in [2.05, 4.69) is 0 Å². The number of rotatable bonds is 3. The van der Waals surface area contributed by atoms with Crippen molar-refractivity contribution >= 4 is 17.7 Å². The molecule has 18 heavy (non-hydrogen) atoms. The third-order valence-electron chi connectivity index (χ3n) is 2.96. The molecule has 5 heteroatoms. The molecule has 0 unspecified atom stereocenters. The van der Waals surface area contributed by atoms with Crippen molar-refractivity contribution in [2.75, 3.05) is 25.0 Å². The van der Waals surface area contributed by atoms with Gasteiger partial charge in [0, 0.05) is 19.7 Å². The van der Waals surface area contributed by atoms with Gasteiger partial charge in [-0.1, -0.05) is 18.2 Å². The molecule has 0 saturated carbocycles. The van der Waals surface area contributed by atoms with Crippen molar-refractivity contribution < 1.29 is 14.3 Å². The van der Waals surface area contributed by atoms with E-state index in [1.54, 1.807) is 16.8 Å². The van der Waals surface area contributed by atoms with Crippen LogP contribution in [0.2, 0.25) is 0 Å². The maximum atomic E-state index is 11.7. The van der Waals surface area contributed by atoms with E-state index >= 15 is 0 Å². The van der Waals surface area contributed by atoms with Gasteiger partial charge in [0.2, 0.25) is 5.91 Å². The van der Waals surface area contributed by atoms with Gasteiger partial charge in [-0.05, 0) is 12.1 Å². The average molecular weight is 248 g/mol. The molecular formula is C13H16N2O3. The second kappa shape index (κ2) is 5.08. The summed E-state index contributed by atoms with van der Waals surface area (Å²) in [6, 6.07) is 9.36. The lowest BCUT2D eigenvalue weighted by Crippen LogP contribution is -2.35. The zero-order valence-corrected chi connectivity index (χ0v) is 10.5. The molecular weight excluding hydrogens is 232 g/mol. The van der Waals surface area contributed by atoms with Gasteiger partial charge < -0.3 is 9.64 Å². The number of ether oxygens (including phenoxy) is 1. The Balaban J connectivity index is 2.01. The highest BCUT2D eigenvalue weighted by Crippen LogP contribution is 2.21. The van der Waals surface area contributed by atoms with Crippen LogP contribution in [-0.4, -0.2) is 43.1 Å². The van der Waals surface area contributed by atoms with Crippen LogP contribution in [0.4, 0.5) is 10.5 Å². The molecule has 5 nitrogen and oxygen atoms in total. The fourth-order valence-corrected chi connectivity index (χ4v) is 1.87. The van der Waals surface area contributed by atoms with Gasteiger partial charge in [-0.3, -0.25) is 9.69 Å². The molecule has 0 N–H and O–H groups in total. The summed E-state index contributed by atoms with van der Waals surface area (Å²) >= 11 is 0. The quantitative estimate of drug-likeness (QED) is 0.814. The summed E-state index contributed by atoms with van der Waals surface area (Å²) in [5.41, 5.74) is 0.815. The summed E-state index contributed by atoms with van der Waals surface area (Å²) in [5, 5.41) is 0. The molecule has 0 radical (unpaired) electrons. The van der Waals surface area contributed by atoms with Crippen molar-refractivity contribution in [2.24, 2.45) is 0 Å². The second-order valence-corrected chi connectivity index (χ2v) is 4.35. The number of benzene rings is 1. The Labute approximate surface area is 106 Å². The number of carbonyl (C=O) groups excluding carboxylic acids is 2. The number of amides is 2. The van der Waals surface area contributed by atoms with Crippen LogP contribution in [0.25, 0.3) is 0 Å². The monoisotopic (exact) mass is 248 g/mol. The molecule has 96 valence electrons. The molecule has 1 heterocycles. The summed E-state index contributed by atoms with van der Waals surface area (Å²) in [5.74, 6) is -0.0378. The second-order valence-electron chi connectivity index (χ2n) is 4.35. The summed E-state index contributed by atoms with van der Waals surface area (Å²) in [6.45, 7) is 2.39. The first-order chi connectivity index (χ1) is 8.58. The first-order valence-electron chi connectivity index (χ1n) is 5.83. The molecule has 1 aromatic carbocycles. The summed E-state index contributed by atoms with van der Waals surface area (Å²) in [7, 11) is 1.70. The molecule has 1 aliphatic heterocycles. The third-order valence-corrected chi connectivity index (χ3v) is 2.96. The van der Waals surface area contributed by atoms with Gasteiger partial charge >= 0.3 is 6.09 Å². The normalized spacial score (nSPS) is 18.7. The zero-order valence-electron chi connectivity index (χ0n) is 10.5. The SMILES string of the molecule is CC(=O)N(C)C[C@H]1CN(c2ccccc2)C(=O)O1. The highest BCUT2D eigenvalue weighted by atomic mass is 16.6. The van der Waals surface area contributed by atoms with Crippen molar-refractivity contribution in [3.63, 3.8) is 0 Å². The number of cyclic esters (lactones) is 1. The smallest absolute Gasteiger partial charge is 0.414 e. The fraction of sp³-hybridized carbons (Fsp3) is 0.385. The highest BCUT2D eigenvalue weighted by molar-refractivity contribution is 5.89. The van der Waals surface area contributed by atoms with Crippen LogP contribution < -0.4 is 4.90 Å². The Kier molecular flexibility index (Phi) is 3.50. The van der Waals surface area contributed by atoms with E-state index in [1.165, 1.54) is 6.92 Å². The first kappa shape index (κ1) is 12.4. The van der Waals surface area contributed by atoms with E-state index in [9.17, 15) is 9.59 Å². The van der Waals surface area contributed by atoms with E-state index in [-0.39, 0.29) is 18.1 Å². The molecule has 2 amide bonds. The molecule has 0 aromatic heterocycles. The fourth-order valence-electron chi connectivity index (χ4n) is 1.87. The summed E-state index contributed by atoms with van der Waals surface area (Å²) < 4.78 is 5.24. The predicted octanol–water partition coefficient (Wildman–Crippen LogP) is 1.49. The topological polar surface area (TPSA) is 49.9 Å². The molecule has 1 saturated heterocycles. The highest BCUT2D eigenvalue weighted by Gasteiger charge is 2.33. The number of hydrogen-bond acceptors (Lipinski definition) is 3. The molecule has 1 aromatic rings. The van der Waals surface area contributed by atoms with Crippen LogP contribution in [0.5, 0.6) is 0 Å². The minimum atomic E-state index is -0.358. The lowest BCUT2D eigenvalue weighted by molar-refractivity contribution is -0.128. The van der Waals surface area contributed by atoms with E-state index in [0.717, 1.165) is 5.69 Å². The summed E-state index contributed by atoms with van der Waals surface area (Å²) in [4.78, 5) is 26.0. The van der Waals surface area contributed by atoms with Crippen LogP contribution in [0.3, 0.4) is 0 Å². The minimum Gasteiger partial charge on any atom is -0.442 e. The van der Waals surface area contributed by atoms with Gasteiger partial charge in [-0.25, -0.2) is 4.79 Å². The largest absolute Gasteiger partial charge is 0.442 e. The standard InChI is InChI=1S/C13H16N2O3/c1-10(16)14(2)8-12-9-15(13(17)18-12)11-6-4-3-5-7-11/h3-7,12H,8-9H2,1-2H3/t12-/m0/s1. The van der Waals surface area contributed by atoms with Crippen molar-refractivity contribution in [3.8, 4) is 0 Å². The maximum absolute atomic E-state index is 11.7. The van der Waals surface area contributed by atoms with Gasteiger partial charge in [0.1, 0.15) is 6.10 Å². The number of carbonyl (C=O) groups is 2. The Morgan fingerprint density at radius 3 is 2.72 bits per heavy atom. The molecule has 0 spiro atoms. The van der Waals surface area contributed by atoms with Gasteiger partial charge in [0.25, 0.3) is 0 Å². The Hall–Kier alpha value is -2.04. The summed E-state index contributed by atoms with van der Waals surface area (Å²) in [6.07, 6.45) is -0.630. The van der Waals surface area contributed by atoms with Crippen LogP contribution in [-0.2, 0) is 9.53 Å². The van der Waals surface area contributed by atoms with Crippen LogP contribution in [0.15, 0.2) is 30.3 Å². The lowest BCUT2D eigenvalue weighted by atomic mass is 10.2. The first-order valence-corrected chi connectivity index (χ1v) is 5.83. The van der Waals surface area contributed by atoms with Gasteiger partial charge in [0.05, 0.1) is 13.1 Å². The van der Waals surface area contributed by atoms with Gasteiger partial charge in [0.15, 0.2) is 0 Å². The number of nitrogens with zero attached hydrogens (tertiary/aromatic N) is 2.